The van der Waals surface area contributed by atoms with Crippen molar-refractivity contribution in [1.29, 1.82) is 0 Å². The van der Waals surface area contributed by atoms with Gasteiger partial charge in [0.15, 0.2) is 0 Å². The van der Waals surface area contributed by atoms with E-state index in [0.717, 1.165) is 11.1 Å². The van der Waals surface area contributed by atoms with E-state index in [-0.39, 0.29) is 21.3 Å². The van der Waals surface area contributed by atoms with Crippen molar-refractivity contribution in [2.45, 2.75) is 37.2 Å². The van der Waals surface area contributed by atoms with Gasteiger partial charge in [-0.25, -0.2) is 0 Å². The molecule has 4 aliphatic rings. The Labute approximate surface area is 138 Å². The molecule has 2 atom stereocenters. The molecule has 1 aliphatic carbocycles. The third kappa shape index (κ3) is 1.38. The molecular formula is C17H17NO2S2. The average molecular weight is 331 g/mol. The topological polar surface area (TPSA) is 37.4 Å². The van der Waals surface area contributed by atoms with Crippen molar-refractivity contribution in [3.8, 4) is 0 Å². The summed E-state index contributed by atoms with van der Waals surface area (Å²) in [6.07, 6.45) is 4.20. The molecule has 1 saturated heterocycles. The highest BCUT2D eigenvalue weighted by Gasteiger charge is 2.61. The van der Waals surface area contributed by atoms with Crippen molar-refractivity contribution in [3.63, 3.8) is 0 Å². The van der Waals surface area contributed by atoms with Gasteiger partial charge in [-0.15, -0.1) is 23.5 Å². The van der Waals surface area contributed by atoms with E-state index < -0.39 is 0 Å². The predicted molar refractivity (Wildman–Crippen MR) is 91.3 cm³/mol. The number of likely N-dealkylation sites (tertiary alicyclic amines) is 1. The summed E-state index contributed by atoms with van der Waals surface area (Å²) in [6.45, 7) is 8.57. The maximum Gasteiger partial charge on any atom is 0.261 e. The summed E-state index contributed by atoms with van der Waals surface area (Å²) < 4.78 is -0.434. The van der Waals surface area contributed by atoms with Crippen molar-refractivity contribution >= 4 is 35.3 Å². The van der Waals surface area contributed by atoms with E-state index in [1.165, 1.54) is 14.7 Å². The molecule has 0 aromatic carbocycles. The van der Waals surface area contributed by atoms with E-state index in [1.54, 1.807) is 7.05 Å². The van der Waals surface area contributed by atoms with E-state index in [0.29, 0.717) is 11.1 Å². The quantitative estimate of drug-likeness (QED) is 0.638. The summed E-state index contributed by atoms with van der Waals surface area (Å²) in [7, 11) is 1.58. The molecule has 0 bridgehead atoms. The van der Waals surface area contributed by atoms with Gasteiger partial charge in [-0.3, -0.25) is 14.5 Å². The Bertz CT molecular complexity index is 735. The molecule has 3 heterocycles. The summed E-state index contributed by atoms with van der Waals surface area (Å²) in [5.41, 5.74) is 3.29. The first-order valence-electron chi connectivity index (χ1n) is 7.27. The Morgan fingerprint density at radius 3 is 1.59 bits per heavy atom. The lowest BCUT2D eigenvalue weighted by atomic mass is 9.72. The zero-order chi connectivity index (χ0) is 16.0. The van der Waals surface area contributed by atoms with E-state index in [9.17, 15) is 9.59 Å². The fourth-order valence-corrected chi connectivity index (χ4v) is 7.01. The second-order valence-electron chi connectivity index (χ2n) is 6.53. The van der Waals surface area contributed by atoms with E-state index >= 15 is 0 Å². The van der Waals surface area contributed by atoms with E-state index in [1.807, 2.05) is 23.5 Å². The van der Waals surface area contributed by atoms with Crippen molar-refractivity contribution < 1.29 is 9.59 Å². The van der Waals surface area contributed by atoms with Crippen molar-refractivity contribution in [2.75, 3.05) is 7.05 Å². The van der Waals surface area contributed by atoms with Crippen molar-refractivity contribution in [2.24, 2.45) is 0 Å². The zero-order valence-corrected chi connectivity index (χ0v) is 14.9. The Balaban J connectivity index is 2.14. The molecule has 5 heteroatoms. The van der Waals surface area contributed by atoms with Gasteiger partial charge >= 0.3 is 0 Å². The minimum absolute atomic E-state index is 0.162. The lowest BCUT2D eigenvalue weighted by molar-refractivity contribution is -0.134. The number of hydrogen-bond acceptors (Lipinski definition) is 4. The van der Waals surface area contributed by atoms with Crippen LogP contribution in [0.5, 0.6) is 0 Å². The Hall–Kier alpha value is -1.20. The number of amides is 2. The molecule has 0 aromatic heterocycles. The second-order valence-corrected chi connectivity index (χ2v) is 9.86. The summed E-state index contributed by atoms with van der Waals surface area (Å²) in [6, 6.07) is 0. The van der Waals surface area contributed by atoms with Gasteiger partial charge in [-0.2, -0.15) is 0 Å². The number of allylic oxidation sites excluding steroid dienone is 4. The Morgan fingerprint density at radius 2 is 1.23 bits per heavy atom. The molecule has 22 heavy (non-hydrogen) atoms. The number of imide groups is 1. The first-order chi connectivity index (χ1) is 10.2. The zero-order valence-electron chi connectivity index (χ0n) is 13.2. The minimum atomic E-state index is -0.217. The molecule has 0 saturated carbocycles. The molecule has 3 aliphatic heterocycles. The van der Waals surface area contributed by atoms with Crippen LogP contribution in [-0.4, -0.2) is 33.3 Å². The summed E-state index contributed by atoms with van der Waals surface area (Å²) in [4.78, 5) is 29.0. The number of likely N-dealkylation sites (N-methyl/N-ethyl adjacent to an activating group) is 1. The lowest BCUT2D eigenvalue weighted by Gasteiger charge is -2.46. The number of hydrogen-bond donors (Lipinski definition) is 0. The Morgan fingerprint density at radius 1 is 0.864 bits per heavy atom. The highest BCUT2D eigenvalue weighted by atomic mass is 32.2. The van der Waals surface area contributed by atoms with Crippen LogP contribution >= 0.6 is 23.5 Å². The van der Waals surface area contributed by atoms with Crippen LogP contribution in [0.25, 0.3) is 0 Å². The van der Waals surface area contributed by atoms with Crippen molar-refractivity contribution in [3.05, 3.63) is 44.3 Å². The van der Waals surface area contributed by atoms with Gasteiger partial charge in [0.25, 0.3) is 11.8 Å². The number of carbonyl (C=O) groups excluding carboxylic acids is 2. The minimum Gasteiger partial charge on any atom is -0.277 e. The summed E-state index contributed by atoms with van der Waals surface area (Å²) in [5, 5.41) is 0. The van der Waals surface area contributed by atoms with Gasteiger partial charge in [-0.1, -0.05) is 0 Å². The molecular weight excluding hydrogens is 314 g/mol. The van der Waals surface area contributed by atoms with Crippen LogP contribution < -0.4 is 0 Å². The normalized spacial score (nSPS) is 36.7. The maximum atomic E-state index is 12.7. The highest BCUT2D eigenvalue weighted by molar-refractivity contribution is 8.09. The van der Waals surface area contributed by atoms with Crippen LogP contribution in [0.4, 0.5) is 0 Å². The number of rotatable bonds is 0. The first-order valence-corrected chi connectivity index (χ1v) is 8.91. The molecule has 2 amide bonds. The second kappa shape index (κ2) is 4.01. The lowest BCUT2D eigenvalue weighted by Crippen LogP contribution is -2.48. The number of thioether (sulfide) groups is 2. The number of carbonyl (C=O) groups is 2. The average Bonchev–Trinajstić information content (AvgIpc) is 2.98. The van der Waals surface area contributed by atoms with Crippen LogP contribution in [0.3, 0.4) is 0 Å². The van der Waals surface area contributed by atoms with Crippen LogP contribution in [0.2, 0.25) is 0 Å². The van der Waals surface area contributed by atoms with Crippen LogP contribution in [0.15, 0.2) is 44.3 Å². The fourth-order valence-electron chi connectivity index (χ4n) is 3.97. The first kappa shape index (κ1) is 14.4. The summed E-state index contributed by atoms with van der Waals surface area (Å²) in [5.74, 6) is -0.324. The van der Waals surface area contributed by atoms with Gasteiger partial charge < -0.3 is 0 Å². The molecule has 4 rings (SSSR count). The van der Waals surface area contributed by atoms with Gasteiger partial charge in [0, 0.05) is 7.05 Å². The van der Waals surface area contributed by atoms with Gasteiger partial charge in [0.2, 0.25) is 0 Å². The molecule has 0 spiro atoms. The fraction of sp³-hybridized carbons (Fsp3) is 0.412. The van der Waals surface area contributed by atoms with E-state index in [2.05, 4.69) is 39.8 Å². The largest absolute Gasteiger partial charge is 0.277 e. The van der Waals surface area contributed by atoms with Crippen molar-refractivity contribution in [1.82, 2.24) is 4.90 Å². The monoisotopic (exact) mass is 331 g/mol. The number of nitrogens with zero attached hydrogens (tertiary/aromatic N) is 1. The van der Waals surface area contributed by atoms with Crippen LogP contribution in [-0.2, 0) is 9.59 Å². The number of fused-ring (bicyclic) bond motifs is 4. The third-order valence-corrected chi connectivity index (χ3v) is 8.27. The molecule has 0 radical (unpaired) electrons. The third-order valence-electron chi connectivity index (χ3n) is 5.19. The Kier molecular flexibility index (Phi) is 2.62. The molecule has 3 nitrogen and oxygen atoms in total. The molecule has 114 valence electrons. The standard InChI is InChI=1S/C17H17NO2S2/c1-8-6-10-12-13(15(20)18(5)14(12)19)11-7-9(2)22-17(11,4)16(10,3)21-8/h6-7H,1-5H3. The molecule has 1 fully saturated rings. The van der Waals surface area contributed by atoms with Gasteiger partial charge in [0.05, 0.1) is 20.6 Å². The smallest absolute Gasteiger partial charge is 0.261 e. The molecule has 0 N–H and O–H groups in total. The van der Waals surface area contributed by atoms with Crippen LogP contribution in [0, 0.1) is 0 Å². The molecule has 2 unspecified atom stereocenters. The highest BCUT2D eigenvalue weighted by Crippen LogP contribution is 2.67. The van der Waals surface area contributed by atoms with Gasteiger partial charge in [0.1, 0.15) is 0 Å². The maximum absolute atomic E-state index is 12.7. The summed E-state index contributed by atoms with van der Waals surface area (Å²) >= 11 is 3.63. The van der Waals surface area contributed by atoms with E-state index in [4.69, 9.17) is 0 Å². The van der Waals surface area contributed by atoms with Gasteiger partial charge in [-0.05, 0) is 60.8 Å². The van der Waals surface area contributed by atoms with Crippen LogP contribution in [0.1, 0.15) is 27.7 Å². The SMILES string of the molecule is CC1=CC2=C3C(=O)N(C)C(=O)C3=C3C=C(C)SC3(C)C2(C)S1. The molecule has 0 aromatic rings. The predicted octanol–water partition coefficient (Wildman–Crippen LogP) is 3.41.